The van der Waals surface area contributed by atoms with E-state index >= 15 is 0 Å². The topological polar surface area (TPSA) is 12.9 Å². The maximum absolute atomic E-state index is 3.91. The molecule has 10 heavy (non-hydrogen) atoms. The average Bonchev–Trinajstić information content (AvgIpc) is 1.91. The van der Waals surface area contributed by atoms with Gasteiger partial charge in [-0.25, -0.2) is 0 Å². The smallest absolute Gasteiger partial charge is 0.0270 e. The zero-order chi connectivity index (χ0) is 6.53. The van der Waals surface area contributed by atoms with Gasteiger partial charge in [-0.05, 0) is 24.1 Å². The summed E-state index contributed by atoms with van der Waals surface area (Å²) in [5.74, 6) is 0. The highest BCUT2D eigenvalue weighted by Gasteiger charge is 1.86. The van der Waals surface area contributed by atoms with Gasteiger partial charge in [0.2, 0.25) is 0 Å². The van der Waals surface area contributed by atoms with Gasteiger partial charge in [0.1, 0.15) is 0 Å². The van der Waals surface area contributed by atoms with Crippen molar-refractivity contribution >= 4 is 32.9 Å². The average molecular weight is 267 g/mol. The lowest BCUT2D eigenvalue weighted by atomic mass is 10.2. The Labute approximate surface area is 79.8 Å². The van der Waals surface area contributed by atoms with Gasteiger partial charge in [-0.2, -0.15) is 0 Å². The van der Waals surface area contributed by atoms with Crippen molar-refractivity contribution < 1.29 is 0 Å². The van der Waals surface area contributed by atoms with Crippen molar-refractivity contribution in [2.75, 3.05) is 5.33 Å². The molecule has 1 aromatic heterocycles. The van der Waals surface area contributed by atoms with Crippen LogP contribution in [-0.2, 0) is 6.42 Å². The van der Waals surface area contributed by atoms with Crippen molar-refractivity contribution in [1.82, 2.24) is 4.98 Å². The van der Waals surface area contributed by atoms with Crippen molar-refractivity contribution in [3.63, 3.8) is 0 Å². The van der Waals surface area contributed by atoms with E-state index in [4.69, 9.17) is 0 Å². The molecule has 3 heteroatoms. The maximum Gasteiger partial charge on any atom is 0.0270 e. The largest absolute Gasteiger partial charge is 0.265 e. The standard InChI is InChI=1S/C7H8BrN.BrH/c8-4-1-7-2-5-9-6-3-7;/h2-3,5-6H,1,4H2;1H. The molecule has 0 saturated carbocycles. The van der Waals surface area contributed by atoms with Gasteiger partial charge >= 0.3 is 0 Å². The molecule has 1 nitrogen and oxygen atoms in total. The molecule has 0 aliphatic heterocycles. The van der Waals surface area contributed by atoms with E-state index in [1.54, 1.807) is 0 Å². The molecular formula is C7H9Br2N. The minimum Gasteiger partial charge on any atom is -0.265 e. The highest BCUT2D eigenvalue weighted by atomic mass is 79.9. The summed E-state index contributed by atoms with van der Waals surface area (Å²) in [5, 5.41) is 1.02. The third-order valence-corrected chi connectivity index (χ3v) is 1.53. The summed E-state index contributed by atoms with van der Waals surface area (Å²) in [5.41, 5.74) is 1.34. The first-order valence-electron chi connectivity index (χ1n) is 2.88. The van der Waals surface area contributed by atoms with Crippen molar-refractivity contribution in [2.24, 2.45) is 0 Å². The molecular weight excluding hydrogens is 258 g/mol. The second-order valence-corrected chi connectivity index (χ2v) is 2.59. The molecule has 0 aliphatic carbocycles. The fourth-order valence-corrected chi connectivity index (χ4v) is 1.12. The van der Waals surface area contributed by atoms with Gasteiger partial charge < -0.3 is 0 Å². The fourth-order valence-electron chi connectivity index (χ4n) is 0.659. The lowest BCUT2D eigenvalue weighted by Crippen LogP contribution is -1.83. The first kappa shape index (κ1) is 10.1. The van der Waals surface area contributed by atoms with E-state index in [9.17, 15) is 0 Å². The quantitative estimate of drug-likeness (QED) is 0.750. The summed E-state index contributed by atoms with van der Waals surface area (Å²) in [4.78, 5) is 3.91. The predicted molar refractivity (Wildman–Crippen MR) is 52.1 cm³/mol. The van der Waals surface area contributed by atoms with Gasteiger partial charge in [0.15, 0.2) is 0 Å². The van der Waals surface area contributed by atoms with Crippen molar-refractivity contribution in [2.45, 2.75) is 6.42 Å². The van der Waals surface area contributed by atoms with Crippen molar-refractivity contribution in [3.05, 3.63) is 30.1 Å². The van der Waals surface area contributed by atoms with Gasteiger partial charge in [-0.1, -0.05) is 15.9 Å². The summed E-state index contributed by atoms with van der Waals surface area (Å²) < 4.78 is 0. The molecule has 1 rings (SSSR count). The summed E-state index contributed by atoms with van der Waals surface area (Å²) in [7, 11) is 0. The maximum atomic E-state index is 3.91. The first-order chi connectivity index (χ1) is 4.43. The molecule has 56 valence electrons. The van der Waals surface area contributed by atoms with Crippen LogP contribution in [-0.4, -0.2) is 10.3 Å². The molecule has 0 unspecified atom stereocenters. The van der Waals surface area contributed by atoms with Gasteiger partial charge in [0, 0.05) is 17.7 Å². The lowest BCUT2D eigenvalue weighted by molar-refractivity contribution is 1.14. The van der Waals surface area contributed by atoms with Crippen LogP contribution in [0.3, 0.4) is 0 Å². The summed E-state index contributed by atoms with van der Waals surface area (Å²) in [6, 6.07) is 4.06. The normalized spacial score (nSPS) is 8.50. The molecule has 0 radical (unpaired) electrons. The van der Waals surface area contributed by atoms with Gasteiger partial charge in [-0.15, -0.1) is 17.0 Å². The van der Waals surface area contributed by atoms with E-state index in [0.29, 0.717) is 0 Å². The SMILES string of the molecule is Br.BrCCc1ccncc1. The first-order valence-corrected chi connectivity index (χ1v) is 4.00. The number of rotatable bonds is 2. The third-order valence-electron chi connectivity index (χ3n) is 1.13. The summed E-state index contributed by atoms with van der Waals surface area (Å²) in [6.45, 7) is 0. The van der Waals surface area contributed by atoms with E-state index < -0.39 is 0 Å². The minimum absolute atomic E-state index is 0. The van der Waals surface area contributed by atoms with Crippen LogP contribution in [0.1, 0.15) is 5.56 Å². The molecule has 0 bridgehead atoms. The second-order valence-electron chi connectivity index (χ2n) is 1.79. The predicted octanol–water partition coefficient (Wildman–Crippen LogP) is 2.60. The Morgan fingerprint density at radius 2 is 1.90 bits per heavy atom. The van der Waals surface area contributed by atoms with Gasteiger partial charge in [-0.3, -0.25) is 4.98 Å². The Kier molecular flexibility index (Phi) is 5.93. The van der Waals surface area contributed by atoms with Gasteiger partial charge in [0.25, 0.3) is 0 Å². The number of hydrogen-bond acceptors (Lipinski definition) is 1. The van der Waals surface area contributed by atoms with E-state index in [-0.39, 0.29) is 17.0 Å². The Bertz CT molecular complexity index is 165. The van der Waals surface area contributed by atoms with E-state index in [1.807, 2.05) is 24.5 Å². The second kappa shape index (κ2) is 5.86. The molecule has 0 amide bonds. The highest BCUT2D eigenvalue weighted by Crippen LogP contribution is 1.98. The highest BCUT2D eigenvalue weighted by molar-refractivity contribution is 9.09. The third kappa shape index (κ3) is 3.32. The molecule has 0 N–H and O–H groups in total. The van der Waals surface area contributed by atoms with E-state index in [2.05, 4.69) is 20.9 Å². The van der Waals surface area contributed by atoms with Crippen molar-refractivity contribution in [1.29, 1.82) is 0 Å². The number of hydrogen-bond donors (Lipinski definition) is 0. The zero-order valence-corrected chi connectivity index (χ0v) is 8.76. The van der Waals surface area contributed by atoms with Crippen LogP contribution in [0, 0.1) is 0 Å². The molecule has 0 fully saturated rings. The molecule has 0 saturated heterocycles. The Morgan fingerprint density at radius 3 is 2.40 bits per heavy atom. The number of aryl methyl sites for hydroxylation is 1. The molecule has 1 aromatic rings. The Morgan fingerprint density at radius 1 is 1.30 bits per heavy atom. The number of pyridine rings is 1. The summed E-state index contributed by atoms with van der Waals surface area (Å²) in [6.07, 6.45) is 4.72. The van der Waals surface area contributed by atoms with Gasteiger partial charge in [0.05, 0.1) is 0 Å². The van der Waals surface area contributed by atoms with E-state index in [0.717, 1.165) is 11.8 Å². The monoisotopic (exact) mass is 265 g/mol. The molecule has 0 aliphatic rings. The van der Waals surface area contributed by atoms with Crippen LogP contribution in [0.2, 0.25) is 0 Å². The Hall–Kier alpha value is 0.110. The lowest BCUT2D eigenvalue weighted by Gasteiger charge is -1.92. The van der Waals surface area contributed by atoms with Crippen LogP contribution in [0.25, 0.3) is 0 Å². The number of alkyl halides is 1. The number of halogens is 2. The fraction of sp³-hybridized carbons (Fsp3) is 0.286. The van der Waals surface area contributed by atoms with Crippen LogP contribution in [0.15, 0.2) is 24.5 Å². The zero-order valence-electron chi connectivity index (χ0n) is 5.46. The van der Waals surface area contributed by atoms with Crippen LogP contribution >= 0.6 is 32.9 Å². The number of aromatic nitrogens is 1. The Balaban J connectivity index is 0.000000810. The van der Waals surface area contributed by atoms with E-state index in [1.165, 1.54) is 5.56 Å². The van der Waals surface area contributed by atoms with Crippen molar-refractivity contribution in [3.8, 4) is 0 Å². The van der Waals surface area contributed by atoms with Crippen LogP contribution in [0.5, 0.6) is 0 Å². The molecule has 0 atom stereocenters. The molecule has 0 spiro atoms. The number of nitrogens with zero attached hydrogens (tertiary/aromatic N) is 1. The molecule has 0 aromatic carbocycles. The van der Waals surface area contributed by atoms with Crippen LogP contribution < -0.4 is 0 Å². The minimum atomic E-state index is 0. The van der Waals surface area contributed by atoms with Crippen LogP contribution in [0.4, 0.5) is 0 Å². The molecule has 1 heterocycles. The summed E-state index contributed by atoms with van der Waals surface area (Å²) >= 11 is 3.37.